The summed E-state index contributed by atoms with van der Waals surface area (Å²) in [7, 11) is 0. The molecule has 18 heavy (non-hydrogen) atoms. The van der Waals surface area contributed by atoms with E-state index in [1.807, 2.05) is 0 Å². The van der Waals surface area contributed by atoms with Gasteiger partial charge in [0.25, 0.3) is 0 Å². The van der Waals surface area contributed by atoms with Gasteiger partial charge in [-0.15, -0.1) is 0 Å². The van der Waals surface area contributed by atoms with Crippen LogP contribution in [0.15, 0.2) is 0 Å². The summed E-state index contributed by atoms with van der Waals surface area (Å²) in [5.74, 6) is 2.45. The number of hydrogen-bond acceptors (Lipinski definition) is 2. The van der Waals surface area contributed by atoms with Crippen LogP contribution in [-0.4, -0.2) is 37.1 Å². The van der Waals surface area contributed by atoms with Gasteiger partial charge in [-0.25, -0.2) is 0 Å². The molecule has 0 bridgehead atoms. The van der Waals surface area contributed by atoms with Gasteiger partial charge < -0.3 is 10.2 Å². The maximum Gasteiger partial charge on any atom is 0.0145 e. The minimum Gasteiger partial charge on any atom is -0.316 e. The Labute approximate surface area is 115 Å². The van der Waals surface area contributed by atoms with Crippen LogP contribution in [0, 0.1) is 17.8 Å². The van der Waals surface area contributed by atoms with E-state index in [0.29, 0.717) is 0 Å². The van der Waals surface area contributed by atoms with E-state index >= 15 is 0 Å². The van der Waals surface area contributed by atoms with Crippen molar-refractivity contribution < 1.29 is 0 Å². The second-order valence-electron chi connectivity index (χ2n) is 6.94. The van der Waals surface area contributed by atoms with Gasteiger partial charge in [0.2, 0.25) is 0 Å². The Kier molecular flexibility index (Phi) is 7.25. The molecule has 0 radical (unpaired) electrons. The molecule has 2 atom stereocenters. The molecule has 1 rings (SSSR count). The lowest BCUT2D eigenvalue weighted by Crippen LogP contribution is -2.49. The molecular weight excluding hydrogens is 220 g/mol. The lowest BCUT2D eigenvalue weighted by Gasteiger charge is -2.39. The van der Waals surface area contributed by atoms with Crippen molar-refractivity contribution in [2.45, 2.75) is 59.9 Å². The van der Waals surface area contributed by atoms with Crippen LogP contribution < -0.4 is 5.32 Å². The molecule has 0 aliphatic carbocycles. The lowest BCUT2D eigenvalue weighted by molar-refractivity contribution is 0.109. The van der Waals surface area contributed by atoms with Gasteiger partial charge in [0, 0.05) is 6.04 Å². The van der Waals surface area contributed by atoms with Crippen LogP contribution in [0.3, 0.4) is 0 Å². The van der Waals surface area contributed by atoms with Crippen LogP contribution in [0.1, 0.15) is 53.9 Å². The van der Waals surface area contributed by atoms with Crippen molar-refractivity contribution in [2.24, 2.45) is 17.8 Å². The van der Waals surface area contributed by atoms with Gasteiger partial charge in [0.1, 0.15) is 0 Å². The standard InChI is InChI=1S/C16H34N2/c1-13(2)7-10-18(11-8-14(3)4)16-6-9-17-12-15(16)5/h13-17H,6-12H2,1-5H3. The largest absolute Gasteiger partial charge is 0.316 e. The molecule has 2 unspecified atom stereocenters. The molecule has 0 amide bonds. The highest BCUT2D eigenvalue weighted by Crippen LogP contribution is 2.20. The molecule has 1 aliphatic rings. The predicted molar refractivity (Wildman–Crippen MR) is 80.9 cm³/mol. The minimum atomic E-state index is 0.804. The van der Waals surface area contributed by atoms with Gasteiger partial charge in [-0.05, 0) is 63.2 Å². The third kappa shape index (κ3) is 5.71. The van der Waals surface area contributed by atoms with Crippen molar-refractivity contribution in [1.29, 1.82) is 0 Å². The Hall–Kier alpha value is -0.0800. The minimum absolute atomic E-state index is 0.804. The first-order chi connectivity index (χ1) is 8.50. The molecule has 1 aliphatic heterocycles. The number of rotatable bonds is 7. The summed E-state index contributed by atoms with van der Waals surface area (Å²) in [6.45, 7) is 16.8. The normalized spacial score (nSPS) is 25.3. The van der Waals surface area contributed by atoms with Crippen molar-refractivity contribution in [3.05, 3.63) is 0 Å². The fourth-order valence-electron chi connectivity index (χ4n) is 2.83. The van der Waals surface area contributed by atoms with Gasteiger partial charge in [0.05, 0.1) is 0 Å². The third-order valence-corrected chi connectivity index (χ3v) is 4.20. The molecule has 0 saturated carbocycles. The number of nitrogens with one attached hydrogen (secondary N) is 1. The average molecular weight is 254 g/mol. The van der Waals surface area contributed by atoms with E-state index in [0.717, 1.165) is 23.8 Å². The summed E-state index contributed by atoms with van der Waals surface area (Å²) in [6.07, 6.45) is 4.01. The zero-order valence-corrected chi connectivity index (χ0v) is 13.2. The summed E-state index contributed by atoms with van der Waals surface area (Å²) in [5.41, 5.74) is 0. The van der Waals surface area contributed by atoms with Crippen molar-refractivity contribution in [1.82, 2.24) is 10.2 Å². The number of piperidine rings is 1. The first kappa shape index (κ1) is 16.0. The Bertz CT molecular complexity index is 201. The smallest absolute Gasteiger partial charge is 0.0145 e. The van der Waals surface area contributed by atoms with Gasteiger partial charge in [-0.2, -0.15) is 0 Å². The van der Waals surface area contributed by atoms with E-state index in [9.17, 15) is 0 Å². The fourth-order valence-corrected chi connectivity index (χ4v) is 2.83. The van der Waals surface area contributed by atoms with E-state index in [1.54, 1.807) is 0 Å². The highest BCUT2D eigenvalue weighted by atomic mass is 15.2. The first-order valence-electron chi connectivity index (χ1n) is 7.95. The summed E-state index contributed by atoms with van der Waals surface area (Å²) < 4.78 is 0. The van der Waals surface area contributed by atoms with Crippen LogP contribution in [0.25, 0.3) is 0 Å². The lowest BCUT2D eigenvalue weighted by atomic mass is 9.92. The number of nitrogens with zero attached hydrogens (tertiary/aromatic N) is 1. The van der Waals surface area contributed by atoms with Crippen LogP contribution in [0.2, 0.25) is 0 Å². The molecular formula is C16H34N2. The van der Waals surface area contributed by atoms with Crippen molar-refractivity contribution >= 4 is 0 Å². The van der Waals surface area contributed by atoms with E-state index in [2.05, 4.69) is 44.8 Å². The molecule has 0 aromatic heterocycles. The zero-order chi connectivity index (χ0) is 13.5. The van der Waals surface area contributed by atoms with E-state index in [-0.39, 0.29) is 0 Å². The second-order valence-corrected chi connectivity index (χ2v) is 6.94. The quantitative estimate of drug-likeness (QED) is 0.749. The Balaban J connectivity index is 2.50. The Morgan fingerprint density at radius 2 is 1.61 bits per heavy atom. The summed E-state index contributed by atoms with van der Waals surface area (Å²) in [4.78, 5) is 2.78. The Morgan fingerprint density at radius 3 is 2.06 bits per heavy atom. The third-order valence-electron chi connectivity index (χ3n) is 4.20. The fraction of sp³-hybridized carbons (Fsp3) is 1.00. The molecule has 0 aromatic rings. The van der Waals surface area contributed by atoms with E-state index < -0.39 is 0 Å². The van der Waals surface area contributed by atoms with Crippen LogP contribution in [0.4, 0.5) is 0 Å². The highest BCUT2D eigenvalue weighted by molar-refractivity contribution is 4.83. The Morgan fingerprint density at radius 1 is 1.06 bits per heavy atom. The second kappa shape index (κ2) is 8.16. The number of hydrogen-bond donors (Lipinski definition) is 1. The summed E-state index contributed by atoms with van der Waals surface area (Å²) in [6, 6.07) is 0.809. The molecule has 1 N–H and O–H groups in total. The predicted octanol–water partition coefficient (Wildman–Crippen LogP) is 3.38. The van der Waals surface area contributed by atoms with Gasteiger partial charge in [0.15, 0.2) is 0 Å². The molecule has 1 heterocycles. The molecule has 0 aromatic carbocycles. The van der Waals surface area contributed by atoms with Crippen molar-refractivity contribution in [3.8, 4) is 0 Å². The molecule has 2 heteroatoms. The summed E-state index contributed by atoms with van der Waals surface area (Å²) in [5, 5.41) is 3.52. The van der Waals surface area contributed by atoms with Gasteiger partial charge in [-0.3, -0.25) is 0 Å². The van der Waals surface area contributed by atoms with Crippen LogP contribution >= 0.6 is 0 Å². The topological polar surface area (TPSA) is 15.3 Å². The van der Waals surface area contributed by atoms with Crippen LogP contribution in [-0.2, 0) is 0 Å². The maximum absolute atomic E-state index is 3.52. The summed E-state index contributed by atoms with van der Waals surface area (Å²) >= 11 is 0. The maximum atomic E-state index is 3.52. The molecule has 108 valence electrons. The zero-order valence-electron chi connectivity index (χ0n) is 13.2. The van der Waals surface area contributed by atoms with Crippen molar-refractivity contribution in [2.75, 3.05) is 26.2 Å². The molecule has 1 fully saturated rings. The van der Waals surface area contributed by atoms with Crippen LogP contribution in [0.5, 0.6) is 0 Å². The van der Waals surface area contributed by atoms with Gasteiger partial charge >= 0.3 is 0 Å². The van der Waals surface area contributed by atoms with E-state index in [4.69, 9.17) is 0 Å². The van der Waals surface area contributed by atoms with Crippen molar-refractivity contribution in [3.63, 3.8) is 0 Å². The van der Waals surface area contributed by atoms with E-state index in [1.165, 1.54) is 45.4 Å². The average Bonchev–Trinajstić information content (AvgIpc) is 2.30. The highest BCUT2D eigenvalue weighted by Gasteiger charge is 2.26. The first-order valence-corrected chi connectivity index (χ1v) is 7.95. The molecule has 1 saturated heterocycles. The molecule has 0 spiro atoms. The molecule has 2 nitrogen and oxygen atoms in total. The SMILES string of the molecule is CC(C)CCN(CCC(C)C)C1CCNCC1C. The monoisotopic (exact) mass is 254 g/mol. The van der Waals surface area contributed by atoms with Gasteiger partial charge in [-0.1, -0.05) is 34.6 Å².